The number of benzene rings is 2. The summed E-state index contributed by atoms with van der Waals surface area (Å²) in [6.45, 7) is 1.87. The summed E-state index contributed by atoms with van der Waals surface area (Å²) in [7, 11) is 0. The average molecular weight is 298 g/mol. The van der Waals surface area contributed by atoms with E-state index in [-0.39, 0.29) is 6.54 Å². The lowest BCUT2D eigenvalue weighted by molar-refractivity contribution is -0.136. The molecule has 0 aliphatic heterocycles. The molecule has 0 radical (unpaired) electrons. The quantitative estimate of drug-likeness (QED) is 0.753. The number of rotatable bonds is 4. The van der Waals surface area contributed by atoms with Crippen LogP contribution >= 0.6 is 0 Å². The largest absolute Gasteiger partial charge is 0.387 e. The third-order valence-electron chi connectivity index (χ3n) is 3.12. The van der Waals surface area contributed by atoms with E-state index in [1.165, 1.54) is 0 Å². The molecule has 1 atom stereocenters. The molecule has 0 aliphatic carbocycles. The highest BCUT2D eigenvalue weighted by atomic mass is 16.3. The van der Waals surface area contributed by atoms with Crippen LogP contribution in [0.4, 0.5) is 5.69 Å². The van der Waals surface area contributed by atoms with Crippen molar-refractivity contribution in [1.29, 1.82) is 0 Å². The van der Waals surface area contributed by atoms with E-state index in [1.807, 2.05) is 19.1 Å². The van der Waals surface area contributed by atoms with E-state index in [9.17, 15) is 14.7 Å². The molecular weight excluding hydrogens is 280 g/mol. The third-order valence-corrected chi connectivity index (χ3v) is 3.12. The summed E-state index contributed by atoms with van der Waals surface area (Å²) in [6.07, 6.45) is -0.850. The van der Waals surface area contributed by atoms with E-state index in [1.54, 1.807) is 42.5 Å². The first-order valence-electron chi connectivity index (χ1n) is 6.95. The molecule has 22 heavy (non-hydrogen) atoms. The van der Waals surface area contributed by atoms with Crippen LogP contribution in [0.3, 0.4) is 0 Å². The Hall–Kier alpha value is -2.66. The molecular formula is C17H18N2O3. The monoisotopic (exact) mass is 298 g/mol. The van der Waals surface area contributed by atoms with Crippen LogP contribution < -0.4 is 10.6 Å². The fourth-order valence-electron chi connectivity index (χ4n) is 1.97. The minimum atomic E-state index is -0.850. The molecule has 5 nitrogen and oxygen atoms in total. The van der Waals surface area contributed by atoms with Crippen LogP contribution in [0.2, 0.25) is 0 Å². The highest BCUT2D eigenvalue weighted by Gasteiger charge is 2.15. The number of amides is 2. The van der Waals surface area contributed by atoms with Gasteiger partial charge in [0.25, 0.3) is 0 Å². The minimum absolute atomic E-state index is 0.0237. The number of aliphatic hydroxyl groups excluding tert-OH is 1. The maximum atomic E-state index is 11.8. The van der Waals surface area contributed by atoms with E-state index in [0.717, 1.165) is 5.56 Å². The zero-order valence-electron chi connectivity index (χ0n) is 12.2. The molecule has 0 saturated heterocycles. The summed E-state index contributed by atoms with van der Waals surface area (Å²) in [6, 6.07) is 16.1. The van der Waals surface area contributed by atoms with Crippen LogP contribution in [0.1, 0.15) is 17.2 Å². The van der Waals surface area contributed by atoms with Crippen molar-refractivity contribution in [3.8, 4) is 0 Å². The summed E-state index contributed by atoms with van der Waals surface area (Å²) in [4.78, 5) is 23.5. The molecule has 5 heteroatoms. The topological polar surface area (TPSA) is 78.4 Å². The Morgan fingerprint density at radius 2 is 1.77 bits per heavy atom. The maximum absolute atomic E-state index is 11.8. The molecule has 0 bridgehead atoms. The normalized spacial score (nSPS) is 11.5. The van der Waals surface area contributed by atoms with Crippen LogP contribution in [0.5, 0.6) is 0 Å². The molecule has 0 spiro atoms. The lowest BCUT2D eigenvalue weighted by atomic mass is 10.1. The van der Waals surface area contributed by atoms with Gasteiger partial charge in [-0.1, -0.05) is 42.5 Å². The molecule has 0 saturated carbocycles. The molecule has 2 rings (SSSR count). The fraction of sp³-hybridized carbons (Fsp3) is 0.176. The van der Waals surface area contributed by atoms with Crippen molar-refractivity contribution in [1.82, 2.24) is 5.32 Å². The highest BCUT2D eigenvalue weighted by Crippen LogP contribution is 2.11. The summed E-state index contributed by atoms with van der Waals surface area (Å²) < 4.78 is 0. The van der Waals surface area contributed by atoms with Crippen molar-refractivity contribution in [2.24, 2.45) is 0 Å². The average Bonchev–Trinajstić information content (AvgIpc) is 2.53. The van der Waals surface area contributed by atoms with E-state index in [4.69, 9.17) is 0 Å². The highest BCUT2D eigenvalue weighted by molar-refractivity contribution is 6.39. The first kappa shape index (κ1) is 15.7. The molecule has 0 aromatic heterocycles. The molecule has 0 aliphatic rings. The van der Waals surface area contributed by atoms with E-state index in [0.29, 0.717) is 11.3 Å². The zero-order chi connectivity index (χ0) is 15.9. The summed E-state index contributed by atoms with van der Waals surface area (Å²) in [5, 5.41) is 14.9. The van der Waals surface area contributed by atoms with Gasteiger partial charge in [0.05, 0.1) is 6.10 Å². The molecule has 2 aromatic rings. The van der Waals surface area contributed by atoms with E-state index >= 15 is 0 Å². The Morgan fingerprint density at radius 1 is 1.05 bits per heavy atom. The lowest BCUT2D eigenvalue weighted by Crippen LogP contribution is -2.37. The van der Waals surface area contributed by atoms with Crippen molar-refractivity contribution in [3.63, 3.8) is 0 Å². The van der Waals surface area contributed by atoms with Gasteiger partial charge in [0.15, 0.2) is 0 Å². The van der Waals surface area contributed by atoms with Gasteiger partial charge < -0.3 is 15.7 Å². The Bertz CT molecular complexity index is 656. The predicted molar refractivity (Wildman–Crippen MR) is 84.2 cm³/mol. The van der Waals surface area contributed by atoms with Crippen molar-refractivity contribution in [3.05, 3.63) is 65.7 Å². The van der Waals surface area contributed by atoms with E-state index < -0.39 is 17.9 Å². The summed E-state index contributed by atoms with van der Waals surface area (Å²) in [5.74, 6) is -1.54. The number of hydrogen-bond acceptors (Lipinski definition) is 3. The second kappa shape index (κ2) is 7.38. The molecule has 2 amide bonds. The van der Waals surface area contributed by atoms with Crippen LogP contribution in [0.15, 0.2) is 54.6 Å². The van der Waals surface area contributed by atoms with Gasteiger partial charge in [-0.3, -0.25) is 9.59 Å². The number of carbonyl (C=O) groups is 2. The first-order chi connectivity index (χ1) is 10.6. The number of carbonyl (C=O) groups excluding carboxylic acids is 2. The Balaban J connectivity index is 1.85. The number of anilines is 1. The zero-order valence-corrected chi connectivity index (χ0v) is 12.2. The number of nitrogens with one attached hydrogen (secondary N) is 2. The summed E-state index contributed by atoms with van der Waals surface area (Å²) in [5.41, 5.74) is 2.23. The predicted octanol–water partition coefficient (Wildman–Crippen LogP) is 1.78. The Kier molecular flexibility index (Phi) is 5.27. The van der Waals surface area contributed by atoms with Crippen LogP contribution in [-0.2, 0) is 9.59 Å². The number of hydrogen-bond donors (Lipinski definition) is 3. The van der Waals surface area contributed by atoms with Crippen molar-refractivity contribution in [2.45, 2.75) is 13.0 Å². The number of aryl methyl sites for hydroxylation is 1. The standard InChI is InChI=1S/C17H18N2O3/c1-12-6-5-9-14(10-12)19-17(22)16(21)18-11-15(20)13-7-3-2-4-8-13/h2-10,15,20H,11H2,1H3,(H,18,21)(H,19,22). The summed E-state index contributed by atoms with van der Waals surface area (Å²) >= 11 is 0. The van der Waals surface area contributed by atoms with Crippen LogP contribution in [0, 0.1) is 6.92 Å². The van der Waals surface area contributed by atoms with Gasteiger partial charge in [0.1, 0.15) is 0 Å². The molecule has 3 N–H and O–H groups in total. The van der Waals surface area contributed by atoms with Gasteiger partial charge >= 0.3 is 11.8 Å². The third kappa shape index (κ3) is 4.43. The molecule has 1 unspecified atom stereocenters. The molecule has 0 heterocycles. The lowest BCUT2D eigenvalue weighted by Gasteiger charge is -2.12. The second-order valence-electron chi connectivity index (χ2n) is 4.96. The SMILES string of the molecule is Cc1cccc(NC(=O)C(=O)NCC(O)c2ccccc2)c1. The van der Waals surface area contributed by atoms with Gasteiger partial charge in [-0.2, -0.15) is 0 Å². The van der Waals surface area contributed by atoms with Gasteiger partial charge in [-0.05, 0) is 30.2 Å². The second-order valence-corrected chi connectivity index (χ2v) is 4.96. The van der Waals surface area contributed by atoms with E-state index in [2.05, 4.69) is 10.6 Å². The van der Waals surface area contributed by atoms with Crippen molar-refractivity contribution in [2.75, 3.05) is 11.9 Å². The van der Waals surface area contributed by atoms with Crippen LogP contribution in [-0.4, -0.2) is 23.5 Å². The number of aliphatic hydroxyl groups is 1. The van der Waals surface area contributed by atoms with Gasteiger partial charge in [0, 0.05) is 12.2 Å². The van der Waals surface area contributed by atoms with Crippen molar-refractivity contribution < 1.29 is 14.7 Å². The Morgan fingerprint density at radius 3 is 2.45 bits per heavy atom. The smallest absolute Gasteiger partial charge is 0.313 e. The first-order valence-corrected chi connectivity index (χ1v) is 6.95. The van der Waals surface area contributed by atoms with Crippen LogP contribution in [0.25, 0.3) is 0 Å². The maximum Gasteiger partial charge on any atom is 0.313 e. The van der Waals surface area contributed by atoms with Gasteiger partial charge in [0.2, 0.25) is 0 Å². The molecule has 0 fully saturated rings. The minimum Gasteiger partial charge on any atom is -0.387 e. The fourth-order valence-corrected chi connectivity index (χ4v) is 1.97. The van der Waals surface area contributed by atoms with Gasteiger partial charge in [-0.25, -0.2) is 0 Å². The van der Waals surface area contributed by atoms with Gasteiger partial charge in [-0.15, -0.1) is 0 Å². The molecule has 2 aromatic carbocycles. The van der Waals surface area contributed by atoms with Crippen molar-refractivity contribution >= 4 is 17.5 Å². The Labute approximate surface area is 129 Å². The molecule has 114 valence electrons.